The van der Waals surface area contributed by atoms with Crippen LogP contribution in [0.5, 0.6) is 0 Å². The lowest BCUT2D eigenvalue weighted by atomic mass is 9.95. The third kappa shape index (κ3) is 2.08. The van der Waals surface area contributed by atoms with Gasteiger partial charge < -0.3 is 4.84 Å². The molecule has 0 radical (unpaired) electrons. The highest BCUT2D eigenvalue weighted by Gasteiger charge is 2.36. The second-order valence-corrected chi connectivity index (χ2v) is 4.53. The van der Waals surface area contributed by atoms with Crippen molar-refractivity contribution < 1.29 is 9.63 Å². The highest BCUT2D eigenvalue weighted by molar-refractivity contribution is 6.06. The van der Waals surface area contributed by atoms with Crippen LogP contribution in [0.2, 0.25) is 0 Å². The molecular formula is C13H14N2O2. The van der Waals surface area contributed by atoms with E-state index in [0.717, 1.165) is 31.8 Å². The summed E-state index contributed by atoms with van der Waals surface area (Å²) in [4.78, 5) is 18.3. The summed E-state index contributed by atoms with van der Waals surface area (Å²) >= 11 is 0. The highest BCUT2D eigenvalue weighted by Crippen LogP contribution is 2.22. The summed E-state index contributed by atoms with van der Waals surface area (Å²) in [5, 5.41) is 3.86. The summed E-state index contributed by atoms with van der Waals surface area (Å²) in [5.74, 6) is -0.263. The summed E-state index contributed by atoms with van der Waals surface area (Å²) in [7, 11) is 0. The Morgan fingerprint density at radius 2 is 2.18 bits per heavy atom. The van der Waals surface area contributed by atoms with Gasteiger partial charge in [0, 0.05) is 19.6 Å². The van der Waals surface area contributed by atoms with E-state index in [1.807, 2.05) is 18.2 Å². The van der Waals surface area contributed by atoms with Gasteiger partial charge in [0.05, 0.1) is 5.71 Å². The molecular weight excluding hydrogens is 216 g/mol. The van der Waals surface area contributed by atoms with E-state index in [9.17, 15) is 4.79 Å². The lowest BCUT2D eigenvalue weighted by molar-refractivity contribution is -0.143. The number of piperidine rings is 1. The van der Waals surface area contributed by atoms with Crippen molar-refractivity contribution in [3.05, 3.63) is 35.9 Å². The van der Waals surface area contributed by atoms with Gasteiger partial charge in [0.25, 0.3) is 0 Å². The summed E-state index contributed by atoms with van der Waals surface area (Å²) < 4.78 is 0. The zero-order valence-electron chi connectivity index (χ0n) is 9.50. The van der Waals surface area contributed by atoms with Crippen molar-refractivity contribution in [2.75, 3.05) is 13.1 Å². The first-order chi connectivity index (χ1) is 8.33. The van der Waals surface area contributed by atoms with E-state index in [4.69, 9.17) is 4.84 Å². The molecule has 0 aromatic heterocycles. The van der Waals surface area contributed by atoms with Gasteiger partial charge >= 0.3 is 5.97 Å². The average Bonchev–Trinajstić information content (AvgIpc) is 2.72. The molecule has 0 spiro atoms. The molecule has 1 saturated heterocycles. The van der Waals surface area contributed by atoms with Crippen LogP contribution >= 0.6 is 0 Å². The van der Waals surface area contributed by atoms with Crippen molar-refractivity contribution in [2.45, 2.75) is 13.0 Å². The standard InChI is InChI=1S/C13H14N2O2/c16-13-11-6-7-15(9-12(11)14-17-13)8-10-4-2-1-3-5-10/h1-5,11H,6-9H2. The maximum absolute atomic E-state index is 11.3. The number of benzene rings is 1. The minimum Gasteiger partial charge on any atom is -0.318 e. The summed E-state index contributed by atoms with van der Waals surface area (Å²) in [6, 6.07) is 10.3. The summed E-state index contributed by atoms with van der Waals surface area (Å²) in [6.07, 6.45) is 0.824. The topological polar surface area (TPSA) is 41.9 Å². The first-order valence-electron chi connectivity index (χ1n) is 5.87. The number of nitrogens with zero attached hydrogens (tertiary/aromatic N) is 2. The molecule has 1 aromatic carbocycles. The number of carbonyl (C=O) groups excluding carboxylic acids is 1. The number of oxime groups is 1. The van der Waals surface area contributed by atoms with E-state index in [1.165, 1.54) is 5.56 Å². The number of fused-ring (bicyclic) bond motifs is 1. The largest absolute Gasteiger partial charge is 0.343 e. The van der Waals surface area contributed by atoms with E-state index in [1.54, 1.807) is 0 Å². The molecule has 0 saturated carbocycles. The van der Waals surface area contributed by atoms with Crippen molar-refractivity contribution in [3.8, 4) is 0 Å². The predicted octanol–water partition coefficient (Wildman–Crippen LogP) is 1.42. The fourth-order valence-electron chi connectivity index (χ4n) is 2.39. The van der Waals surface area contributed by atoms with Crippen molar-refractivity contribution in [1.29, 1.82) is 0 Å². The second kappa shape index (κ2) is 4.30. The van der Waals surface area contributed by atoms with Crippen LogP contribution in [0.4, 0.5) is 0 Å². The van der Waals surface area contributed by atoms with E-state index in [2.05, 4.69) is 22.2 Å². The Kier molecular flexibility index (Phi) is 2.65. The fraction of sp³-hybridized carbons (Fsp3) is 0.385. The third-order valence-corrected chi connectivity index (χ3v) is 3.31. The van der Waals surface area contributed by atoms with Crippen LogP contribution in [0.15, 0.2) is 35.5 Å². The van der Waals surface area contributed by atoms with Gasteiger partial charge in [0.2, 0.25) is 0 Å². The van der Waals surface area contributed by atoms with Gasteiger partial charge in [0.15, 0.2) is 0 Å². The molecule has 17 heavy (non-hydrogen) atoms. The average molecular weight is 230 g/mol. The summed E-state index contributed by atoms with van der Waals surface area (Å²) in [5.41, 5.74) is 2.17. The molecule has 4 heteroatoms. The zero-order chi connectivity index (χ0) is 11.7. The smallest absolute Gasteiger partial charge is 0.318 e. The molecule has 3 rings (SSSR count). The number of carbonyl (C=O) groups is 1. The van der Waals surface area contributed by atoms with Gasteiger partial charge in [-0.25, -0.2) is 4.79 Å². The molecule has 1 fully saturated rings. The van der Waals surface area contributed by atoms with Gasteiger partial charge in [-0.05, 0) is 12.0 Å². The number of likely N-dealkylation sites (tertiary alicyclic amines) is 1. The minimum absolute atomic E-state index is 0.0815. The van der Waals surface area contributed by atoms with Gasteiger partial charge in [-0.2, -0.15) is 0 Å². The van der Waals surface area contributed by atoms with Crippen LogP contribution in [-0.2, 0) is 16.2 Å². The molecule has 88 valence electrons. The first kappa shape index (κ1) is 10.5. The Hall–Kier alpha value is -1.68. The molecule has 0 N–H and O–H groups in total. The van der Waals surface area contributed by atoms with Crippen molar-refractivity contribution in [3.63, 3.8) is 0 Å². The van der Waals surface area contributed by atoms with Crippen LogP contribution in [0.25, 0.3) is 0 Å². The van der Waals surface area contributed by atoms with Crippen LogP contribution in [-0.4, -0.2) is 29.7 Å². The Balaban J connectivity index is 1.66. The van der Waals surface area contributed by atoms with E-state index < -0.39 is 0 Å². The molecule has 2 aliphatic rings. The minimum atomic E-state index is -0.181. The number of rotatable bonds is 2. The van der Waals surface area contributed by atoms with Gasteiger partial charge in [-0.15, -0.1) is 0 Å². The van der Waals surface area contributed by atoms with Gasteiger partial charge in [-0.1, -0.05) is 35.5 Å². The van der Waals surface area contributed by atoms with Crippen LogP contribution in [0, 0.1) is 5.92 Å². The highest BCUT2D eigenvalue weighted by atomic mass is 16.7. The van der Waals surface area contributed by atoms with E-state index >= 15 is 0 Å². The Labute approximate surface area is 99.9 Å². The Bertz CT molecular complexity index is 456. The maximum atomic E-state index is 11.3. The van der Waals surface area contributed by atoms with Crippen molar-refractivity contribution in [1.82, 2.24) is 4.90 Å². The third-order valence-electron chi connectivity index (χ3n) is 3.31. The van der Waals surface area contributed by atoms with Crippen LogP contribution in [0.1, 0.15) is 12.0 Å². The fourth-order valence-corrected chi connectivity index (χ4v) is 2.39. The predicted molar refractivity (Wildman–Crippen MR) is 63.4 cm³/mol. The monoisotopic (exact) mass is 230 g/mol. The quantitative estimate of drug-likeness (QED) is 0.722. The molecule has 0 bridgehead atoms. The second-order valence-electron chi connectivity index (χ2n) is 4.53. The van der Waals surface area contributed by atoms with E-state index in [-0.39, 0.29) is 11.9 Å². The molecule has 2 heterocycles. The maximum Gasteiger partial charge on any atom is 0.343 e. The molecule has 2 aliphatic heterocycles. The van der Waals surface area contributed by atoms with Crippen LogP contribution < -0.4 is 0 Å². The number of hydrogen-bond acceptors (Lipinski definition) is 4. The lowest BCUT2D eigenvalue weighted by Gasteiger charge is -2.28. The SMILES string of the molecule is O=C1ON=C2CN(Cc3ccccc3)CCC12. The normalized spacial score (nSPS) is 24.1. The Morgan fingerprint density at radius 1 is 1.35 bits per heavy atom. The van der Waals surface area contributed by atoms with Gasteiger partial charge in [-0.3, -0.25) is 4.90 Å². The first-order valence-corrected chi connectivity index (χ1v) is 5.87. The molecule has 1 atom stereocenters. The number of hydrogen-bond donors (Lipinski definition) is 0. The zero-order valence-corrected chi connectivity index (χ0v) is 9.50. The van der Waals surface area contributed by atoms with Crippen molar-refractivity contribution >= 4 is 11.7 Å². The van der Waals surface area contributed by atoms with Crippen LogP contribution in [0.3, 0.4) is 0 Å². The lowest BCUT2D eigenvalue weighted by Crippen LogP contribution is -2.40. The molecule has 4 nitrogen and oxygen atoms in total. The Morgan fingerprint density at radius 3 is 3.00 bits per heavy atom. The molecule has 1 unspecified atom stereocenters. The summed E-state index contributed by atoms with van der Waals surface area (Å²) in [6.45, 7) is 2.57. The molecule has 0 amide bonds. The molecule has 1 aromatic rings. The van der Waals surface area contributed by atoms with E-state index in [0.29, 0.717) is 0 Å². The molecule has 0 aliphatic carbocycles. The van der Waals surface area contributed by atoms with Crippen molar-refractivity contribution in [2.24, 2.45) is 11.1 Å². The van der Waals surface area contributed by atoms with Gasteiger partial charge in [0.1, 0.15) is 5.92 Å².